The predicted molar refractivity (Wildman–Crippen MR) is 76.0 cm³/mol. The van der Waals surface area contributed by atoms with Crippen molar-refractivity contribution in [1.82, 2.24) is 10.2 Å². The van der Waals surface area contributed by atoms with E-state index in [0.29, 0.717) is 16.4 Å². The number of rotatable bonds is 4. The van der Waals surface area contributed by atoms with Crippen LogP contribution in [0.4, 0.5) is 0 Å². The number of hydrogen-bond acceptors (Lipinski definition) is 3. The van der Waals surface area contributed by atoms with E-state index in [1.54, 1.807) is 31.4 Å². The van der Waals surface area contributed by atoms with Gasteiger partial charge in [-0.05, 0) is 44.3 Å². The molecule has 0 heterocycles. The summed E-state index contributed by atoms with van der Waals surface area (Å²) in [7, 11) is 1.57. The van der Waals surface area contributed by atoms with E-state index in [2.05, 4.69) is 5.32 Å². The van der Waals surface area contributed by atoms with Gasteiger partial charge in [-0.1, -0.05) is 6.07 Å². The number of benzene rings is 1. The third-order valence-corrected chi connectivity index (χ3v) is 2.96. The van der Waals surface area contributed by atoms with E-state index < -0.39 is 0 Å². The average Bonchev–Trinajstić information content (AvgIpc) is 2.40. The van der Waals surface area contributed by atoms with Gasteiger partial charge in [0, 0.05) is 18.7 Å². The number of carbonyl (C=O) groups excluding carboxylic acids is 1. The SMILES string of the molecule is CCN(CC)C(=S)NC(=O)c1cccc(OC)c1. The first-order valence-corrected chi connectivity index (χ1v) is 6.27. The maximum Gasteiger partial charge on any atom is 0.257 e. The second-order valence-corrected chi connectivity index (χ2v) is 4.05. The number of hydrogen-bond donors (Lipinski definition) is 1. The van der Waals surface area contributed by atoms with Gasteiger partial charge in [-0.25, -0.2) is 0 Å². The van der Waals surface area contributed by atoms with Crippen molar-refractivity contribution in [2.45, 2.75) is 13.8 Å². The van der Waals surface area contributed by atoms with E-state index in [9.17, 15) is 4.79 Å². The fraction of sp³-hybridized carbons (Fsp3) is 0.385. The number of carbonyl (C=O) groups is 1. The molecular formula is C13H18N2O2S. The number of thiocarbonyl (C=S) groups is 1. The third kappa shape index (κ3) is 3.70. The van der Waals surface area contributed by atoms with Gasteiger partial charge in [0.25, 0.3) is 5.91 Å². The largest absolute Gasteiger partial charge is 0.497 e. The maximum absolute atomic E-state index is 12.0. The summed E-state index contributed by atoms with van der Waals surface area (Å²) in [6, 6.07) is 6.97. The Morgan fingerprint density at radius 3 is 2.61 bits per heavy atom. The predicted octanol–water partition coefficient (Wildman–Crippen LogP) is 2.05. The van der Waals surface area contributed by atoms with Gasteiger partial charge in [0.15, 0.2) is 5.11 Å². The number of ether oxygens (including phenoxy) is 1. The van der Waals surface area contributed by atoms with Crippen LogP contribution in [0.1, 0.15) is 24.2 Å². The summed E-state index contributed by atoms with van der Waals surface area (Å²) in [6.07, 6.45) is 0. The van der Waals surface area contributed by atoms with E-state index in [1.165, 1.54) is 0 Å². The highest BCUT2D eigenvalue weighted by Gasteiger charge is 2.11. The lowest BCUT2D eigenvalue weighted by atomic mass is 10.2. The fourth-order valence-electron chi connectivity index (χ4n) is 1.52. The molecule has 0 saturated heterocycles. The van der Waals surface area contributed by atoms with Gasteiger partial charge in [-0.2, -0.15) is 0 Å². The number of methoxy groups -OCH3 is 1. The Balaban J connectivity index is 2.73. The Morgan fingerprint density at radius 1 is 1.39 bits per heavy atom. The molecule has 0 aliphatic heterocycles. The van der Waals surface area contributed by atoms with Crippen LogP contribution < -0.4 is 10.1 Å². The first kappa shape index (κ1) is 14.4. The number of amides is 1. The highest BCUT2D eigenvalue weighted by Crippen LogP contribution is 2.12. The van der Waals surface area contributed by atoms with Gasteiger partial charge in [0.1, 0.15) is 5.75 Å². The van der Waals surface area contributed by atoms with Gasteiger partial charge in [0.2, 0.25) is 0 Å². The number of nitrogens with one attached hydrogen (secondary N) is 1. The van der Waals surface area contributed by atoms with Crippen LogP contribution in [0.5, 0.6) is 5.75 Å². The summed E-state index contributed by atoms with van der Waals surface area (Å²) >= 11 is 5.17. The molecule has 0 atom stereocenters. The molecule has 5 heteroatoms. The minimum atomic E-state index is -0.217. The molecule has 0 saturated carbocycles. The van der Waals surface area contributed by atoms with Crippen LogP contribution in [0.2, 0.25) is 0 Å². The van der Waals surface area contributed by atoms with Crippen molar-refractivity contribution in [1.29, 1.82) is 0 Å². The molecule has 18 heavy (non-hydrogen) atoms. The van der Waals surface area contributed by atoms with Crippen molar-refractivity contribution in [3.8, 4) is 5.75 Å². The molecule has 1 amide bonds. The molecule has 1 rings (SSSR count). The molecular weight excluding hydrogens is 248 g/mol. The van der Waals surface area contributed by atoms with Crippen LogP contribution in [0, 0.1) is 0 Å². The highest BCUT2D eigenvalue weighted by atomic mass is 32.1. The normalized spacial score (nSPS) is 9.72. The molecule has 4 nitrogen and oxygen atoms in total. The third-order valence-electron chi connectivity index (χ3n) is 2.60. The zero-order valence-corrected chi connectivity index (χ0v) is 11.7. The quantitative estimate of drug-likeness (QED) is 0.847. The molecule has 0 unspecified atom stereocenters. The molecule has 0 spiro atoms. The first-order valence-electron chi connectivity index (χ1n) is 5.86. The number of nitrogens with zero attached hydrogens (tertiary/aromatic N) is 1. The molecule has 0 aliphatic rings. The average molecular weight is 266 g/mol. The second-order valence-electron chi connectivity index (χ2n) is 3.66. The maximum atomic E-state index is 12.0. The van der Waals surface area contributed by atoms with E-state index in [4.69, 9.17) is 17.0 Å². The summed E-state index contributed by atoms with van der Waals surface area (Å²) in [4.78, 5) is 13.9. The van der Waals surface area contributed by atoms with Crippen LogP contribution in [0.3, 0.4) is 0 Å². The van der Waals surface area contributed by atoms with E-state index in [-0.39, 0.29) is 5.91 Å². The Morgan fingerprint density at radius 2 is 2.06 bits per heavy atom. The van der Waals surface area contributed by atoms with E-state index in [0.717, 1.165) is 13.1 Å². The summed E-state index contributed by atoms with van der Waals surface area (Å²) < 4.78 is 5.08. The molecule has 0 aromatic heterocycles. The van der Waals surface area contributed by atoms with Crippen molar-refractivity contribution in [3.63, 3.8) is 0 Å². The standard InChI is InChI=1S/C13H18N2O2S/c1-4-15(5-2)13(18)14-12(16)10-7-6-8-11(9-10)17-3/h6-9H,4-5H2,1-3H3,(H,14,16,18). The van der Waals surface area contributed by atoms with Crippen molar-refractivity contribution in [3.05, 3.63) is 29.8 Å². The zero-order valence-electron chi connectivity index (χ0n) is 10.9. The summed E-state index contributed by atoms with van der Waals surface area (Å²) in [5.74, 6) is 0.433. The molecule has 0 bridgehead atoms. The van der Waals surface area contributed by atoms with Gasteiger partial charge >= 0.3 is 0 Å². The van der Waals surface area contributed by atoms with Crippen molar-refractivity contribution >= 4 is 23.2 Å². The molecule has 0 aliphatic carbocycles. The topological polar surface area (TPSA) is 41.6 Å². The van der Waals surface area contributed by atoms with E-state index >= 15 is 0 Å². The van der Waals surface area contributed by atoms with Gasteiger partial charge in [-0.3, -0.25) is 10.1 Å². The molecule has 1 N–H and O–H groups in total. The molecule has 0 fully saturated rings. The van der Waals surface area contributed by atoms with Crippen molar-refractivity contribution in [2.24, 2.45) is 0 Å². The van der Waals surface area contributed by atoms with Crippen LogP contribution in [-0.2, 0) is 0 Å². The van der Waals surface area contributed by atoms with Crippen molar-refractivity contribution < 1.29 is 9.53 Å². The summed E-state index contributed by atoms with van der Waals surface area (Å²) in [5.41, 5.74) is 0.531. The lowest BCUT2D eigenvalue weighted by molar-refractivity contribution is 0.0973. The van der Waals surface area contributed by atoms with Crippen LogP contribution in [0.25, 0.3) is 0 Å². The zero-order chi connectivity index (χ0) is 13.5. The Labute approximate surface area is 113 Å². The summed E-state index contributed by atoms with van der Waals surface area (Å²) in [5, 5.41) is 3.16. The van der Waals surface area contributed by atoms with Crippen LogP contribution in [0.15, 0.2) is 24.3 Å². The Hall–Kier alpha value is -1.62. The molecule has 1 aromatic carbocycles. The Kier molecular flexibility index (Phi) is 5.58. The molecule has 1 aromatic rings. The molecule has 98 valence electrons. The van der Waals surface area contributed by atoms with E-state index in [1.807, 2.05) is 18.7 Å². The minimum absolute atomic E-state index is 0.217. The van der Waals surface area contributed by atoms with Gasteiger partial charge in [-0.15, -0.1) is 0 Å². The highest BCUT2D eigenvalue weighted by molar-refractivity contribution is 7.80. The smallest absolute Gasteiger partial charge is 0.257 e. The van der Waals surface area contributed by atoms with Crippen LogP contribution >= 0.6 is 12.2 Å². The van der Waals surface area contributed by atoms with Crippen LogP contribution in [-0.4, -0.2) is 36.1 Å². The first-order chi connectivity index (χ1) is 8.62. The lowest BCUT2D eigenvalue weighted by Gasteiger charge is -2.21. The molecule has 0 radical (unpaired) electrons. The fourth-order valence-corrected chi connectivity index (χ4v) is 1.87. The summed E-state index contributed by atoms with van der Waals surface area (Å²) in [6.45, 7) is 5.53. The monoisotopic (exact) mass is 266 g/mol. The minimum Gasteiger partial charge on any atom is -0.497 e. The van der Waals surface area contributed by atoms with Crippen molar-refractivity contribution in [2.75, 3.05) is 20.2 Å². The van der Waals surface area contributed by atoms with Gasteiger partial charge in [0.05, 0.1) is 7.11 Å². The Bertz CT molecular complexity index is 431. The van der Waals surface area contributed by atoms with Gasteiger partial charge < -0.3 is 9.64 Å². The second kappa shape index (κ2) is 6.96. The lowest BCUT2D eigenvalue weighted by Crippen LogP contribution is -2.42.